The third-order valence-corrected chi connectivity index (χ3v) is 5.55. The number of unbranched alkanes of at least 4 members (excludes halogenated alkanes) is 2. The molecule has 0 spiro atoms. The topological polar surface area (TPSA) is 125 Å². The average molecular weight is 525 g/mol. The number of benzene rings is 2. The van der Waals surface area contributed by atoms with Crippen LogP contribution in [0.25, 0.3) is 0 Å². The Balaban J connectivity index is 0.000000699. The number of amides is 2. The van der Waals surface area contributed by atoms with Gasteiger partial charge in [0.1, 0.15) is 23.9 Å². The monoisotopic (exact) mass is 524 g/mol. The number of nitrogens with two attached hydrogens (primary N) is 1. The highest BCUT2D eigenvalue weighted by Crippen LogP contribution is 2.20. The van der Waals surface area contributed by atoms with Crippen LogP contribution >= 0.6 is 0 Å². The van der Waals surface area contributed by atoms with Gasteiger partial charge in [-0.3, -0.25) is 14.6 Å². The lowest BCUT2D eigenvalue weighted by Crippen LogP contribution is -2.53. The Kier molecular flexibility index (Phi) is 15.8. The first-order chi connectivity index (χ1) is 17.9. The van der Waals surface area contributed by atoms with E-state index < -0.39 is 29.1 Å². The summed E-state index contributed by atoms with van der Waals surface area (Å²) in [6, 6.07) is 13.3. The van der Waals surface area contributed by atoms with E-state index in [2.05, 4.69) is 30.2 Å². The number of aryl methyl sites for hydroxylation is 1. The highest BCUT2D eigenvalue weighted by Gasteiger charge is 2.32. The van der Waals surface area contributed by atoms with Crippen molar-refractivity contribution in [1.29, 1.82) is 5.26 Å². The van der Waals surface area contributed by atoms with E-state index in [9.17, 15) is 18.8 Å². The Hall–Kier alpha value is -3.86. The molecular formula is C30H41FN4O3. The van der Waals surface area contributed by atoms with Crippen LogP contribution in [-0.4, -0.2) is 36.9 Å². The average Bonchev–Trinajstić information content (AvgIpc) is 2.88. The van der Waals surface area contributed by atoms with Crippen LogP contribution in [0.3, 0.4) is 0 Å². The quantitative estimate of drug-likeness (QED) is 0.284. The predicted octanol–water partition coefficient (Wildman–Crippen LogP) is 5.07. The van der Waals surface area contributed by atoms with E-state index in [1.165, 1.54) is 24.7 Å². The molecule has 0 fully saturated rings. The first-order valence-corrected chi connectivity index (χ1v) is 12.6. The van der Waals surface area contributed by atoms with Gasteiger partial charge in [-0.2, -0.15) is 5.26 Å². The third-order valence-electron chi connectivity index (χ3n) is 5.55. The van der Waals surface area contributed by atoms with Crippen LogP contribution in [0.4, 0.5) is 4.39 Å². The second-order valence-electron chi connectivity index (χ2n) is 9.63. The first kappa shape index (κ1) is 34.1. The van der Waals surface area contributed by atoms with Crippen LogP contribution in [0.2, 0.25) is 0 Å². The zero-order chi connectivity index (χ0) is 29.3. The molecule has 0 saturated carbocycles. The van der Waals surface area contributed by atoms with E-state index in [4.69, 9.17) is 11.0 Å². The van der Waals surface area contributed by atoms with Crippen molar-refractivity contribution in [1.82, 2.24) is 5.32 Å². The lowest BCUT2D eigenvalue weighted by atomic mass is 9.86. The molecule has 0 radical (unpaired) electrons. The number of aldehydes is 1. The number of nitrogens with one attached hydrogen (secondary N) is 1. The molecule has 2 aromatic rings. The van der Waals surface area contributed by atoms with Crippen LogP contribution in [0.5, 0.6) is 0 Å². The molecule has 2 amide bonds. The maximum Gasteiger partial charge on any atom is 0.270 e. The Morgan fingerprint density at radius 1 is 1.16 bits per heavy atom. The fourth-order valence-corrected chi connectivity index (χ4v) is 3.22. The summed E-state index contributed by atoms with van der Waals surface area (Å²) in [7, 11) is 1.44. The number of primary amides is 1. The number of rotatable bonds is 8. The van der Waals surface area contributed by atoms with Gasteiger partial charge in [0, 0.05) is 19.0 Å². The molecule has 1 atom stereocenters. The van der Waals surface area contributed by atoms with Gasteiger partial charge in [-0.25, -0.2) is 4.39 Å². The second-order valence-corrected chi connectivity index (χ2v) is 9.63. The highest BCUT2D eigenvalue weighted by molar-refractivity contribution is 6.45. The van der Waals surface area contributed by atoms with Crippen LogP contribution in [0.15, 0.2) is 47.5 Å². The molecule has 0 aliphatic heterocycles. The number of nitriles is 1. The number of hydrogen-bond donors (Lipinski definition) is 2. The molecule has 0 heterocycles. The summed E-state index contributed by atoms with van der Waals surface area (Å²) in [5.41, 5.74) is 7.59. The van der Waals surface area contributed by atoms with Crippen molar-refractivity contribution < 1.29 is 18.8 Å². The molecular weight excluding hydrogens is 483 g/mol. The fraction of sp³-hybridized carbons (Fsp3) is 0.433. The van der Waals surface area contributed by atoms with E-state index in [1.54, 1.807) is 33.8 Å². The largest absolute Gasteiger partial charge is 0.368 e. The van der Waals surface area contributed by atoms with Gasteiger partial charge >= 0.3 is 0 Å². The van der Waals surface area contributed by atoms with Gasteiger partial charge in [0.25, 0.3) is 5.91 Å². The molecule has 38 heavy (non-hydrogen) atoms. The van der Waals surface area contributed by atoms with Crippen molar-refractivity contribution in [3.8, 4) is 6.07 Å². The van der Waals surface area contributed by atoms with Crippen LogP contribution in [0.1, 0.15) is 76.1 Å². The van der Waals surface area contributed by atoms with Crippen molar-refractivity contribution >= 4 is 23.8 Å². The molecule has 0 saturated heterocycles. The minimum atomic E-state index is -0.856. The minimum Gasteiger partial charge on any atom is -0.368 e. The van der Waals surface area contributed by atoms with E-state index >= 15 is 0 Å². The number of aliphatic imine (C=N–C) groups is 1. The van der Waals surface area contributed by atoms with E-state index in [-0.39, 0.29) is 5.71 Å². The normalized spacial score (nSPS) is 11.5. The van der Waals surface area contributed by atoms with Crippen molar-refractivity contribution in [3.63, 3.8) is 0 Å². The van der Waals surface area contributed by atoms with Gasteiger partial charge in [0.05, 0.1) is 11.6 Å². The lowest BCUT2D eigenvalue weighted by molar-refractivity contribution is -0.126. The molecule has 7 nitrogen and oxygen atoms in total. The number of carbonyl (C=O) groups excluding carboxylic acids is 3. The zero-order valence-electron chi connectivity index (χ0n) is 23.6. The summed E-state index contributed by atoms with van der Waals surface area (Å²) in [6.07, 6.45) is 4.90. The smallest absolute Gasteiger partial charge is 0.270 e. The molecule has 0 bridgehead atoms. The van der Waals surface area contributed by atoms with E-state index in [0.29, 0.717) is 11.1 Å². The Morgan fingerprint density at radius 2 is 1.76 bits per heavy atom. The van der Waals surface area contributed by atoms with E-state index in [1.807, 2.05) is 24.3 Å². The van der Waals surface area contributed by atoms with Gasteiger partial charge in [0.15, 0.2) is 0 Å². The number of carbonyl (C=O) groups is 3. The van der Waals surface area contributed by atoms with Crippen LogP contribution in [-0.2, 0) is 20.8 Å². The standard InChI is InChI=1S/C16H22FN3O2.C9H9N.C5H10O/c1-9-10(7-6-8-11(9)17)12(19-5)15(22)20-13(14(18)21)16(2,3)4;1-2-8-3-5-9(7-10)6-4-8;1-2-3-4-5-6/h6-8,13H,1-5H3,(H2,18,21)(H,20,22);3-6H,2H2,1H3;5H,2-4H2,1H3. The summed E-state index contributed by atoms with van der Waals surface area (Å²) in [5, 5.41) is 11.0. The molecule has 3 N–H and O–H groups in total. The number of nitrogens with zero attached hydrogens (tertiary/aromatic N) is 2. The number of hydrogen-bond acceptors (Lipinski definition) is 5. The van der Waals surface area contributed by atoms with E-state index in [0.717, 1.165) is 37.5 Å². The number of halogens is 1. The summed E-state index contributed by atoms with van der Waals surface area (Å²) in [5.74, 6) is -1.61. The molecule has 0 aliphatic carbocycles. The summed E-state index contributed by atoms with van der Waals surface area (Å²) < 4.78 is 13.7. The van der Waals surface area contributed by atoms with Crippen molar-refractivity contribution in [3.05, 3.63) is 70.5 Å². The van der Waals surface area contributed by atoms with Gasteiger partial charge < -0.3 is 15.8 Å². The highest BCUT2D eigenvalue weighted by atomic mass is 19.1. The maximum atomic E-state index is 13.7. The van der Waals surface area contributed by atoms with Crippen molar-refractivity contribution in [2.75, 3.05) is 7.05 Å². The van der Waals surface area contributed by atoms with Crippen LogP contribution in [0, 0.1) is 29.5 Å². The fourth-order valence-electron chi connectivity index (χ4n) is 3.22. The summed E-state index contributed by atoms with van der Waals surface area (Å²) in [4.78, 5) is 37.5. The molecule has 206 valence electrons. The van der Waals surface area contributed by atoms with Crippen molar-refractivity contribution in [2.24, 2.45) is 16.1 Å². The molecule has 0 aromatic heterocycles. The molecule has 8 heteroatoms. The molecule has 0 aliphatic rings. The van der Waals surface area contributed by atoms with Gasteiger partial charge in [0.2, 0.25) is 5.91 Å². The van der Waals surface area contributed by atoms with Crippen molar-refractivity contribution in [2.45, 2.75) is 73.3 Å². The summed E-state index contributed by atoms with van der Waals surface area (Å²) in [6.45, 7) is 11.1. The molecule has 2 rings (SSSR count). The predicted molar refractivity (Wildman–Crippen MR) is 150 cm³/mol. The third kappa shape index (κ3) is 11.9. The Bertz CT molecular complexity index is 1110. The zero-order valence-corrected chi connectivity index (χ0v) is 23.6. The van der Waals surface area contributed by atoms with Crippen LogP contribution < -0.4 is 11.1 Å². The van der Waals surface area contributed by atoms with Gasteiger partial charge in [-0.05, 0) is 54.5 Å². The lowest BCUT2D eigenvalue weighted by Gasteiger charge is -2.29. The second kappa shape index (κ2) is 17.6. The van der Waals surface area contributed by atoms with Gasteiger partial charge in [-0.15, -0.1) is 0 Å². The summed E-state index contributed by atoms with van der Waals surface area (Å²) >= 11 is 0. The molecule has 2 aromatic carbocycles. The van der Waals surface area contributed by atoms with Gasteiger partial charge in [-0.1, -0.05) is 65.3 Å². The Labute approximate surface area is 226 Å². The Morgan fingerprint density at radius 3 is 2.16 bits per heavy atom. The maximum absolute atomic E-state index is 13.7. The SMILES string of the molecule is CCCCC=O.CCc1ccc(C#N)cc1.CN=C(C(=O)NC(C(N)=O)C(C)(C)C)c1cccc(F)c1C. The minimum absolute atomic E-state index is 0.0625. The molecule has 1 unspecified atom stereocenters. The first-order valence-electron chi connectivity index (χ1n) is 12.6.